The Balaban J connectivity index is 0.779. The maximum absolute atomic E-state index is 13.8. The number of hydrogen-bond donors (Lipinski definition) is 5. The van der Waals surface area contributed by atoms with Crippen LogP contribution in [0.3, 0.4) is 0 Å². The summed E-state index contributed by atoms with van der Waals surface area (Å²) in [5, 5.41) is 52.5. The molecule has 386 valence electrons. The van der Waals surface area contributed by atoms with Crippen LogP contribution in [0.2, 0.25) is 0 Å². The Morgan fingerprint density at radius 3 is 1.88 bits per heavy atom. The van der Waals surface area contributed by atoms with Crippen LogP contribution in [0, 0.1) is 23.2 Å². The maximum Gasteiger partial charge on any atom is 0.309 e. The number of allylic oxidation sites excluding steroid dienone is 1. The first kappa shape index (κ1) is 51.0. The third-order valence-electron chi connectivity index (χ3n) is 16.6. The van der Waals surface area contributed by atoms with Crippen LogP contribution < -0.4 is 0 Å². The summed E-state index contributed by atoms with van der Waals surface area (Å²) in [4.78, 5) is 13.8. The van der Waals surface area contributed by atoms with Crippen molar-refractivity contribution >= 4 is 5.97 Å². The molecule has 0 bridgehead atoms. The monoisotopic (exact) mass is 970 g/mol. The molecule has 9 rings (SSSR count). The topological polar surface area (TPSA) is 247 Å². The highest BCUT2D eigenvalue weighted by atomic mass is 16.8. The van der Waals surface area contributed by atoms with E-state index in [9.17, 15) is 30.3 Å². The molecule has 7 heterocycles. The Morgan fingerprint density at radius 2 is 1.31 bits per heavy atom. The predicted octanol–water partition coefficient (Wildman–Crippen LogP) is 1.48. The standard InChI is InChI=1S/C48H74O20/c1-21-42(66-36-15-31(56-7)43(22(2)61-36)67-37-16-32(57-8)44(23(3)62-37)68-46-41(53)40(52)39(51)33(18-49)65-46)30(55-6)14-35(60-21)63-29-13-25-10-11-26-27(47(25,4)17-28(29)50)12-9-24-19-58-48(5)38(24)34(20-59-48)64-45(26)54/h10,19,21-23,26-44,46,49-53H,9,11-18,20H2,1-8H3/t21-,22+,23-,26?,27?,28-,29?,30+,31-,32+,33-,34-,35+,36+,37+,38-,39-,40+,41-,42-,43+,44-,46+,47?,48+/m1/s1. The fourth-order valence-corrected chi connectivity index (χ4v) is 12.8. The Kier molecular flexibility index (Phi) is 15.4. The van der Waals surface area contributed by atoms with Crippen molar-refractivity contribution in [1.82, 2.24) is 0 Å². The number of ether oxygens (including phenoxy) is 14. The zero-order valence-corrected chi connectivity index (χ0v) is 40.4. The lowest BCUT2D eigenvalue weighted by Crippen LogP contribution is -2.62. The van der Waals surface area contributed by atoms with Gasteiger partial charge in [-0.25, -0.2) is 0 Å². The number of fused-ring (bicyclic) bond motifs is 3. The fourth-order valence-electron chi connectivity index (χ4n) is 12.8. The van der Waals surface area contributed by atoms with Gasteiger partial charge in [0.25, 0.3) is 0 Å². The van der Waals surface area contributed by atoms with Gasteiger partial charge in [-0.1, -0.05) is 18.6 Å². The summed E-state index contributed by atoms with van der Waals surface area (Å²) in [5.41, 5.74) is 1.87. The summed E-state index contributed by atoms with van der Waals surface area (Å²) in [6, 6.07) is 0. The van der Waals surface area contributed by atoms with Gasteiger partial charge in [-0.2, -0.15) is 0 Å². The van der Waals surface area contributed by atoms with Gasteiger partial charge >= 0.3 is 5.97 Å². The Morgan fingerprint density at radius 1 is 0.735 bits per heavy atom. The van der Waals surface area contributed by atoms with Gasteiger partial charge in [-0.15, -0.1) is 0 Å². The molecular weight excluding hydrogens is 897 g/mol. The van der Waals surface area contributed by atoms with Crippen molar-refractivity contribution in [3.8, 4) is 0 Å². The quantitative estimate of drug-likeness (QED) is 0.137. The number of hydrogen-bond acceptors (Lipinski definition) is 20. The van der Waals surface area contributed by atoms with E-state index < -0.39 is 135 Å². The molecule has 0 spiro atoms. The van der Waals surface area contributed by atoms with Crippen LogP contribution in [0.15, 0.2) is 23.5 Å². The molecule has 20 nitrogen and oxygen atoms in total. The van der Waals surface area contributed by atoms with Crippen LogP contribution in [0.1, 0.15) is 86.0 Å². The molecule has 4 unspecified atom stereocenters. The van der Waals surface area contributed by atoms with Crippen LogP contribution in [-0.4, -0.2) is 195 Å². The van der Waals surface area contributed by atoms with Crippen LogP contribution in [0.4, 0.5) is 0 Å². The molecule has 0 aromatic rings. The number of rotatable bonds is 12. The Labute approximate surface area is 397 Å². The van der Waals surface area contributed by atoms with Crippen LogP contribution in [0.5, 0.6) is 0 Å². The molecule has 0 amide bonds. The van der Waals surface area contributed by atoms with E-state index in [1.165, 1.54) is 12.7 Å². The minimum Gasteiger partial charge on any atom is -0.469 e. The van der Waals surface area contributed by atoms with Crippen molar-refractivity contribution in [3.63, 3.8) is 0 Å². The summed E-state index contributed by atoms with van der Waals surface area (Å²) >= 11 is 0. The lowest BCUT2D eigenvalue weighted by molar-refractivity contribution is -0.357. The summed E-state index contributed by atoms with van der Waals surface area (Å²) in [5.74, 6) is -1.48. The van der Waals surface area contributed by atoms with Gasteiger partial charge in [-0.05, 0) is 69.8 Å². The smallest absolute Gasteiger partial charge is 0.309 e. The highest BCUT2D eigenvalue weighted by Gasteiger charge is 2.59. The molecule has 25 atom stereocenters. The Bertz CT molecular complexity index is 1820. The molecule has 0 aromatic carbocycles. The highest BCUT2D eigenvalue weighted by Crippen LogP contribution is 2.57. The second-order valence-corrected chi connectivity index (χ2v) is 20.7. The van der Waals surface area contributed by atoms with Gasteiger partial charge in [0.2, 0.25) is 5.79 Å². The van der Waals surface area contributed by atoms with Gasteiger partial charge in [0.1, 0.15) is 48.8 Å². The molecule has 0 aromatic heterocycles. The highest BCUT2D eigenvalue weighted by molar-refractivity contribution is 5.74. The third-order valence-corrected chi connectivity index (χ3v) is 16.6. The van der Waals surface area contributed by atoms with E-state index in [1.54, 1.807) is 27.4 Å². The number of aliphatic hydroxyl groups is 5. The van der Waals surface area contributed by atoms with Crippen LogP contribution in [0.25, 0.3) is 0 Å². The van der Waals surface area contributed by atoms with Gasteiger partial charge in [-0.3, -0.25) is 4.79 Å². The largest absolute Gasteiger partial charge is 0.469 e. The molecule has 20 heteroatoms. The lowest BCUT2D eigenvalue weighted by atomic mass is 9.55. The molecule has 6 saturated heterocycles. The van der Waals surface area contributed by atoms with Crippen LogP contribution >= 0.6 is 0 Å². The number of carbonyl (C=O) groups excluding carboxylic acids is 1. The predicted molar refractivity (Wildman–Crippen MR) is 232 cm³/mol. The van der Waals surface area contributed by atoms with Crippen molar-refractivity contribution < 1.29 is 96.6 Å². The molecule has 0 radical (unpaired) electrons. The first-order valence-corrected chi connectivity index (χ1v) is 24.5. The number of aliphatic hydroxyl groups excluding tert-OH is 5. The molecule has 5 N–H and O–H groups in total. The molecule has 7 fully saturated rings. The molecule has 2 aliphatic carbocycles. The first-order chi connectivity index (χ1) is 32.5. The second-order valence-electron chi connectivity index (χ2n) is 20.7. The van der Waals surface area contributed by atoms with Gasteiger partial charge in [0.05, 0.1) is 80.1 Å². The van der Waals surface area contributed by atoms with Crippen molar-refractivity contribution in [1.29, 1.82) is 0 Å². The van der Waals surface area contributed by atoms with Crippen LogP contribution in [-0.2, 0) is 71.1 Å². The van der Waals surface area contributed by atoms with Crippen molar-refractivity contribution in [3.05, 3.63) is 23.5 Å². The maximum atomic E-state index is 13.8. The number of esters is 1. The Hall–Kier alpha value is -1.93. The summed E-state index contributed by atoms with van der Waals surface area (Å²) in [6.45, 7) is 9.36. The number of carbonyl (C=O) groups is 1. The zero-order valence-electron chi connectivity index (χ0n) is 40.4. The average Bonchev–Trinajstić information content (AvgIpc) is 3.83. The molecular formula is C48H74O20. The molecule has 1 saturated carbocycles. The third kappa shape index (κ3) is 9.58. The van der Waals surface area contributed by atoms with E-state index in [0.717, 1.165) is 18.4 Å². The van der Waals surface area contributed by atoms with E-state index in [4.69, 9.17) is 66.3 Å². The van der Waals surface area contributed by atoms with Crippen molar-refractivity contribution in [2.75, 3.05) is 34.5 Å². The fraction of sp³-hybridized carbons (Fsp3) is 0.896. The summed E-state index contributed by atoms with van der Waals surface area (Å²) in [7, 11) is 4.74. The van der Waals surface area contributed by atoms with Gasteiger partial charge < -0.3 is 91.8 Å². The summed E-state index contributed by atoms with van der Waals surface area (Å²) < 4.78 is 86.3. The number of methoxy groups -OCH3 is 3. The van der Waals surface area contributed by atoms with E-state index in [-0.39, 0.29) is 36.2 Å². The SMILES string of the molecule is CO[C@H]1C[C@H](OC2CC3=CCC4C(=O)O[C@@H]5CO[C@]6(C)OC=C(CCC4C3(C)C[C@H]2O)[C@H]56)O[C@H](C)[C@H]1O[C@H]1C[C@@H](OC)[C@@H](O[C@H]2C[C@H](OC)[C@H](O[C@@H]3O[C@H](CO)[C@@H](O)[C@H](O)[C@H]3O)[C@@H](C)O2)[C@H](C)O1. The first-order valence-electron chi connectivity index (χ1n) is 24.5. The minimum absolute atomic E-state index is 0.0277. The molecule has 7 aliphatic heterocycles. The van der Waals surface area contributed by atoms with Crippen molar-refractivity contribution in [2.45, 2.75) is 215 Å². The van der Waals surface area contributed by atoms with E-state index >= 15 is 0 Å². The van der Waals surface area contributed by atoms with Crippen molar-refractivity contribution in [2.24, 2.45) is 23.2 Å². The molecule has 9 aliphatic rings. The summed E-state index contributed by atoms with van der Waals surface area (Å²) in [6.07, 6.45) is -7.99. The minimum atomic E-state index is -1.59. The zero-order chi connectivity index (χ0) is 48.4. The normalized spacial score (nSPS) is 51.7. The van der Waals surface area contributed by atoms with E-state index in [0.29, 0.717) is 38.7 Å². The van der Waals surface area contributed by atoms with E-state index in [1.807, 2.05) is 20.8 Å². The van der Waals surface area contributed by atoms with E-state index in [2.05, 4.69) is 13.0 Å². The second kappa shape index (κ2) is 20.5. The lowest BCUT2D eigenvalue weighted by Gasteiger charge is -2.52. The van der Waals surface area contributed by atoms with Gasteiger partial charge in [0, 0.05) is 47.5 Å². The average molecular weight is 971 g/mol. The van der Waals surface area contributed by atoms with Gasteiger partial charge in [0.15, 0.2) is 25.2 Å². The molecule has 68 heavy (non-hydrogen) atoms.